The molecule has 1 saturated heterocycles. The number of pyridine rings is 1. The molecule has 3 aromatic rings. The summed E-state index contributed by atoms with van der Waals surface area (Å²) in [5.74, 6) is 0.402. The number of piperazine rings is 1. The fourth-order valence-corrected chi connectivity index (χ4v) is 4.03. The number of nitrogens with two attached hydrogens (primary N) is 1. The Bertz CT molecular complexity index is 1130. The van der Waals surface area contributed by atoms with E-state index in [4.69, 9.17) is 10.7 Å². The highest BCUT2D eigenvalue weighted by Gasteiger charge is 2.26. The molecule has 3 N–H and O–H groups in total. The third kappa shape index (κ3) is 4.03. The lowest BCUT2D eigenvalue weighted by molar-refractivity contribution is 0.0951. The molecule has 158 valence electrons. The molecular weight excluding hydrogens is 390 g/mol. The lowest BCUT2D eigenvalue weighted by Crippen LogP contribution is -2.47. The minimum atomic E-state index is -0.416. The van der Waals surface area contributed by atoms with Gasteiger partial charge in [-0.15, -0.1) is 0 Å². The number of carbonyl (C=O) groups excluding carboxylic acids is 2. The predicted molar refractivity (Wildman–Crippen MR) is 122 cm³/mol. The van der Waals surface area contributed by atoms with Gasteiger partial charge in [0.05, 0.1) is 11.1 Å². The van der Waals surface area contributed by atoms with E-state index in [0.717, 1.165) is 61.4 Å². The molecule has 0 spiro atoms. The van der Waals surface area contributed by atoms with E-state index in [9.17, 15) is 9.59 Å². The van der Waals surface area contributed by atoms with Crippen LogP contribution in [0.4, 0.5) is 11.5 Å². The van der Waals surface area contributed by atoms with Crippen molar-refractivity contribution in [2.75, 3.05) is 36.0 Å². The minimum Gasteiger partial charge on any atom is -0.368 e. The highest BCUT2D eigenvalue weighted by Crippen LogP contribution is 2.27. The first-order valence-electron chi connectivity index (χ1n) is 10.7. The van der Waals surface area contributed by atoms with Gasteiger partial charge in [-0.3, -0.25) is 9.59 Å². The molecule has 2 fully saturated rings. The van der Waals surface area contributed by atoms with Crippen LogP contribution in [0.15, 0.2) is 54.6 Å². The maximum Gasteiger partial charge on any atom is 0.252 e. The van der Waals surface area contributed by atoms with Crippen LogP contribution in [0.2, 0.25) is 0 Å². The molecule has 0 unspecified atom stereocenters. The summed E-state index contributed by atoms with van der Waals surface area (Å²) in [5.41, 5.74) is 8.45. The van der Waals surface area contributed by atoms with E-state index < -0.39 is 5.91 Å². The number of rotatable bonds is 5. The zero-order chi connectivity index (χ0) is 21.4. The van der Waals surface area contributed by atoms with Crippen molar-refractivity contribution in [2.24, 2.45) is 5.73 Å². The van der Waals surface area contributed by atoms with Gasteiger partial charge in [-0.25, -0.2) is 4.98 Å². The van der Waals surface area contributed by atoms with E-state index in [1.807, 2.05) is 42.5 Å². The van der Waals surface area contributed by atoms with E-state index in [0.29, 0.717) is 17.2 Å². The van der Waals surface area contributed by atoms with Crippen LogP contribution >= 0.6 is 0 Å². The van der Waals surface area contributed by atoms with Crippen molar-refractivity contribution in [1.29, 1.82) is 0 Å². The second-order valence-corrected chi connectivity index (χ2v) is 8.18. The maximum absolute atomic E-state index is 12.9. The fraction of sp³-hybridized carbons (Fsp3) is 0.292. The summed E-state index contributed by atoms with van der Waals surface area (Å²) in [6.45, 7) is 3.25. The number of anilines is 2. The topological polar surface area (TPSA) is 91.6 Å². The van der Waals surface area contributed by atoms with E-state index in [-0.39, 0.29) is 5.91 Å². The third-order valence-corrected chi connectivity index (χ3v) is 5.98. The van der Waals surface area contributed by atoms with Gasteiger partial charge >= 0.3 is 0 Å². The normalized spacial score (nSPS) is 16.4. The van der Waals surface area contributed by atoms with Gasteiger partial charge < -0.3 is 20.9 Å². The standard InChI is InChI=1S/C24H25N5O2/c25-23(30)16-5-9-18(10-6-16)28-11-13-29(14-12-28)22-15-20(24(31)26-17-7-8-17)19-3-1-2-4-21(19)27-22/h1-6,9-10,15,17H,7-8,11-14H2,(H2,25,30)(H,26,31). The van der Waals surface area contributed by atoms with Crippen molar-refractivity contribution in [1.82, 2.24) is 10.3 Å². The highest BCUT2D eigenvalue weighted by atomic mass is 16.2. The molecule has 2 aromatic carbocycles. The summed E-state index contributed by atoms with van der Waals surface area (Å²) < 4.78 is 0. The van der Waals surface area contributed by atoms with Gasteiger partial charge in [-0.05, 0) is 49.2 Å². The van der Waals surface area contributed by atoms with Crippen molar-refractivity contribution >= 4 is 34.2 Å². The number of amides is 2. The molecule has 0 bridgehead atoms. The Morgan fingerprint density at radius 3 is 2.29 bits per heavy atom. The fourth-order valence-electron chi connectivity index (χ4n) is 4.03. The zero-order valence-corrected chi connectivity index (χ0v) is 17.3. The smallest absolute Gasteiger partial charge is 0.252 e. The average molecular weight is 415 g/mol. The molecule has 7 nitrogen and oxygen atoms in total. The Kier molecular flexibility index (Phi) is 4.94. The number of carbonyl (C=O) groups is 2. The Balaban J connectivity index is 1.35. The van der Waals surface area contributed by atoms with Crippen LogP contribution < -0.4 is 20.9 Å². The molecule has 0 atom stereocenters. The number of nitrogens with one attached hydrogen (secondary N) is 1. The van der Waals surface area contributed by atoms with Crippen molar-refractivity contribution < 1.29 is 9.59 Å². The van der Waals surface area contributed by atoms with Gasteiger partial charge in [0, 0.05) is 48.9 Å². The number of hydrogen-bond donors (Lipinski definition) is 2. The van der Waals surface area contributed by atoms with Crippen LogP contribution in [0.5, 0.6) is 0 Å². The Hall–Kier alpha value is -3.61. The van der Waals surface area contributed by atoms with Gasteiger partial charge in [0.1, 0.15) is 5.82 Å². The molecule has 1 saturated carbocycles. The maximum atomic E-state index is 12.9. The number of primary amides is 1. The van der Waals surface area contributed by atoms with Gasteiger partial charge in [-0.2, -0.15) is 0 Å². The Morgan fingerprint density at radius 1 is 0.935 bits per heavy atom. The molecule has 1 aliphatic heterocycles. The molecule has 5 rings (SSSR count). The van der Waals surface area contributed by atoms with Crippen LogP contribution in [0.1, 0.15) is 33.6 Å². The third-order valence-electron chi connectivity index (χ3n) is 5.98. The number of hydrogen-bond acceptors (Lipinski definition) is 5. The second-order valence-electron chi connectivity index (χ2n) is 8.18. The lowest BCUT2D eigenvalue weighted by Gasteiger charge is -2.37. The van der Waals surface area contributed by atoms with E-state index in [2.05, 4.69) is 15.1 Å². The first-order chi connectivity index (χ1) is 15.1. The predicted octanol–water partition coefficient (Wildman–Crippen LogP) is 2.55. The number of fused-ring (bicyclic) bond motifs is 1. The monoisotopic (exact) mass is 415 g/mol. The molecule has 2 amide bonds. The number of aromatic nitrogens is 1. The summed E-state index contributed by atoms with van der Waals surface area (Å²) >= 11 is 0. The quantitative estimate of drug-likeness (QED) is 0.668. The molecule has 2 aliphatic rings. The van der Waals surface area contributed by atoms with Gasteiger partial charge in [0.15, 0.2) is 0 Å². The van der Waals surface area contributed by atoms with E-state index in [1.165, 1.54) is 0 Å². The molecular formula is C24H25N5O2. The van der Waals surface area contributed by atoms with Crippen LogP contribution in [0.25, 0.3) is 10.9 Å². The number of nitrogens with zero attached hydrogens (tertiary/aromatic N) is 3. The van der Waals surface area contributed by atoms with Crippen molar-refractivity contribution in [3.05, 3.63) is 65.7 Å². The molecule has 1 aromatic heterocycles. The van der Waals surface area contributed by atoms with Crippen molar-refractivity contribution in [2.45, 2.75) is 18.9 Å². The average Bonchev–Trinajstić information content (AvgIpc) is 3.62. The van der Waals surface area contributed by atoms with Crippen molar-refractivity contribution in [3.63, 3.8) is 0 Å². The molecule has 0 radical (unpaired) electrons. The summed E-state index contributed by atoms with van der Waals surface area (Å²) in [5, 5.41) is 3.99. The number of benzene rings is 2. The largest absolute Gasteiger partial charge is 0.368 e. The molecule has 7 heteroatoms. The lowest BCUT2D eigenvalue weighted by atomic mass is 10.1. The SMILES string of the molecule is NC(=O)c1ccc(N2CCN(c3cc(C(=O)NC4CC4)c4ccccc4n3)CC2)cc1. The van der Waals surface area contributed by atoms with Crippen LogP contribution in [-0.4, -0.2) is 49.0 Å². The second kappa shape index (κ2) is 7.91. The van der Waals surface area contributed by atoms with Crippen LogP contribution in [0, 0.1) is 0 Å². The number of para-hydroxylation sites is 1. The van der Waals surface area contributed by atoms with Gasteiger partial charge in [-0.1, -0.05) is 18.2 Å². The Labute approximate surface area is 180 Å². The zero-order valence-electron chi connectivity index (χ0n) is 17.3. The van der Waals surface area contributed by atoms with E-state index in [1.54, 1.807) is 12.1 Å². The van der Waals surface area contributed by atoms with Crippen LogP contribution in [-0.2, 0) is 0 Å². The minimum absolute atomic E-state index is 0.0180. The summed E-state index contributed by atoms with van der Waals surface area (Å²) in [4.78, 5) is 33.5. The molecule has 31 heavy (non-hydrogen) atoms. The molecule has 1 aliphatic carbocycles. The summed E-state index contributed by atoms with van der Waals surface area (Å²) in [7, 11) is 0. The van der Waals surface area contributed by atoms with Crippen LogP contribution in [0.3, 0.4) is 0 Å². The summed E-state index contributed by atoms with van der Waals surface area (Å²) in [6, 6.07) is 17.5. The van der Waals surface area contributed by atoms with Gasteiger partial charge in [0.25, 0.3) is 5.91 Å². The van der Waals surface area contributed by atoms with E-state index >= 15 is 0 Å². The highest BCUT2D eigenvalue weighted by molar-refractivity contribution is 6.07. The Morgan fingerprint density at radius 2 is 1.61 bits per heavy atom. The molecule has 2 heterocycles. The van der Waals surface area contributed by atoms with Gasteiger partial charge in [0.2, 0.25) is 5.91 Å². The summed E-state index contributed by atoms with van der Waals surface area (Å²) in [6.07, 6.45) is 2.12. The van der Waals surface area contributed by atoms with Crippen molar-refractivity contribution in [3.8, 4) is 0 Å². The first kappa shape index (κ1) is 19.4. The first-order valence-corrected chi connectivity index (χ1v) is 10.7.